The molecular formula is C12H9ClFN3O3. The van der Waals surface area contributed by atoms with Crippen LogP contribution in [0.5, 0.6) is 11.6 Å². The van der Waals surface area contributed by atoms with Crippen LogP contribution < -0.4 is 4.74 Å². The molecule has 0 aliphatic heterocycles. The van der Waals surface area contributed by atoms with E-state index in [0.717, 1.165) is 0 Å². The Morgan fingerprint density at radius 3 is 2.70 bits per heavy atom. The van der Waals surface area contributed by atoms with Gasteiger partial charge in [-0.25, -0.2) is 9.37 Å². The Morgan fingerprint density at radius 1 is 1.35 bits per heavy atom. The highest BCUT2D eigenvalue weighted by atomic mass is 35.5. The number of aromatic nitrogens is 2. The minimum atomic E-state index is -0.700. The molecule has 0 saturated carbocycles. The molecule has 1 heterocycles. The lowest BCUT2D eigenvalue weighted by Crippen LogP contribution is -2.02. The fourth-order valence-electron chi connectivity index (χ4n) is 1.59. The maximum atomic E-state index is 13.8. The van der Waals surface area contributed by atoms with E-state index in [4.69, 9.17) is 16.3 Å². The molecule has 0 bridgehead atoms. The maximum Gasteiger partial charge on any atom is 0.352 e. The molecule has 20 heavy (non-hydrogen) atoms. The van der Waals surface area contributed by atoms with Crippen molar-refractivity contribution < 1.29 is 14.1 Å². The summed E-state index contributed by atoms with van der Waals surface area (Å²) < 4.78 is 19.0. The third-order valence-corrected chi connectivity index (χ3v) is 2.71. The molecule has 0 spiro atoms. The normalized spacial score (nSPS) is 10.4. The number of benzene rings is 1. The van der Waals surface area contributed by atoms with Crippen LogP contribution in [0.15, 0.2) is 18.2 Å². The zero-order valence-electron chi connectivity index (χ0n) is 10.6. The zero-order chi connectivity index (χ0) is 14.9. The Morgan fingerprint density at radius 2 is 2.05 bits per heavy atom. The maximum absolute atomic E-state index is 13.8. The SMILES string of the molecule is Cc1cccc(Oc2nc(Cl)nc(C)c2[N+](=O)[O-])c1F. The predicted octanol–water partition coefficient (Wildman–Crippen LogP) is 3.59. The second-order valence-corrected chi connectivity index (χ2v) is 4.32. The molecule has 2 rings (SSSR count). The van der Waals surface area contributed by atoms with Gasteiger partial charge in [0.1, 0.15) is 5.69 Å². The van der Waals surface area contributed by atoms with Crippen LogP contribution in [0.4, 0.5) is 10.1 Å². The summed E-state index contributed by atoms with van der Waals surface area (Å²) in [6.07, 6.45) is 0. The van der Waals surface area contributed by atoms with Crippen molar-refractivity contribution in [3.8, 4) is 11.6 Å². The molecule has 0 aliphatic rings. The van der Waals surface area contributed by atoms with Crippen molar-refractivity contribution >= 4 is 17.3 Å². The highest BCUT2D eigenvalue weighted by Gasteiger charge is 2.24. The van der Waals surface area contributed by atoms with Crippen LogP contribution >= 0.6 is 11.6 Å². The Labute approximate surface area is 118 Å². The average Bonchev–Trinajstić information content (AvgIpc) is 2.33. The number of rotatable bonds is 3. The van der Waals surface area contributed by atoms with Crippen LogP contribution in [0.2, 0.25) is 5.28 Å². The molecule has 0 unspecified atom stereocenters. The number of halogens is 2. The van der Waals surface area contributed by atoms with Gasteiger partial charge in [-0.2, -0.15) is 4.98 Å². The van der Waals surface area contributed by atoms with Crippen molar-refractivity contribution in [2.75, 3.05) is 0 Å². The van der Waals surface area contributed by atoms with Gasteiger partial charge in [-0.05, 0) is 37.1 Å². The van der Waals surface area contributed by atoms with Crippen molar-refractivity contribution in [3.05, 3.63) is 50.7 Å². The predicted molar refractivity (Wildman–Crippen MR) is 69.6 cm³/mol. The minimum Gasteiger partial charge on any atom is -0.430 e. The lowest BCUT2D eigenvalue weighted by Gasteiger charge is -2.08. The zero-order valence-corrected chi connectivity index (χ0v) is 11.3. The van der Waals surface area contributed by atoms with Gasteiger partial charge in [-0.15, -0.1) is 0 Å². The fraction of sp³-hybridized carbons (Fsp3) is 0.167. The van der Waals surface area contributed by atoms with Gasteiger partial charge < -0.3 is 4.74 Å². The third kappa shape index (κ3) is 2.67. The van der Waals surface area contributed by atoms with Gasteiger partial charge in [-0.3, -0.25) is 10.1 Å². The van der Waals surface area contributed by atoms with E-state index >= 15 is 0 Å². The number of nitro groups is 1. The number of aryl methyl sites for hydroxylation is 2. The van der Waals surface area contributed by atoms with Crippen molar-refractivity contribution in [3.63, 3.8) is 0 Å². The first-order valence-corrected chi connectivity index (χ1v) is 5.89. The van der Waals surface area contributed by atoms with Gasteiger partial charge in [0.05, 0.1) is 4.92 Å². The lowest BCUT2D eigenvalue weighted by molar-refractivity contribution is -0.386. The lowest BCUT2D eigenvalue weighted by atomic mass is 10.2. The van der Waals surface area contributed by atoms with E-state index in [1.165, 1.54) is 13.0 Å². The molecule has 8 heteroatoms. The molecule has 0 saturated heterocycles. The molecular weight excluding hydrogens is 289 g/mol. The standard InChI is InChI=1S/C12H9ClFN3O3/c1-6-4-3-5-8(9(6)14)20-11-10(17(18)19)7(2)15-12(13)16-11/h3-5H,1-2H3. The summed E-state index contributed by atoms with van der Waals surface area (Å²) >= 11 is 5.65. The molecule has 2 aromatic rings. The van der Waals surface area contributed by atoms with Gasteiger partial charge in [0.25, 0.3) is 0 Å². The molecule has 0 atom stereocenters. The molecule has 0 radical (unpaired) electrons. The smallest absolute Gasteiger partial charge is 0.352 e. The van der Waals surface area contributed by atoms with Crippen LogP contribution in [0.3, 0.4) is 0 Å². The second kappa shape index (κ2) is 5.38. The van der Waals surface area contributed by atoms with Gasteiger partial charge in [0, 0.05) is 0 Å². The monoisotopic (exact) mass is 297 g/mol. The van der Waals surface area contributed by atoms with E-state index in [9.17, 15) is 14.5 Å². The van der Waals surface area contributed by atoms with Crippen LogP contribution in [-0.4, -0.2) is 14.9 Å². The molecule has 0 amide bonds. The topological polar surface area (TPSA) is 78.2 Å². The summed E-state index contributed by atoms with van der Waals surface area (Å²) in [6, 6.07) is 4.46. The Balaban J connectivity index is 2.53. The molecule has 0 fully saturated rings. The first kappa shape index (κ1) is 14.1. The number of hydrogen-bond donors (Lipinski definition) is 0. The van der Waals surface area contributed by atoms with Gasteiger partial charge >= 0.3 is 11.6 Å². The summed E-state index contributed by atoms with van der Waals surface area (Å²) in [5.41, 5.74) is -0.0598. The molecule has 0 aliphatic carbocycles. The molecule has 0 N–H and O–H groups in total. The van der Waals surface area contributed by atoms with Gasteiger partial charge in [0.2, 0.25) is 5.28 Å². The molecule has 1 aromatic heterocycles. The fourth-order valence-corrected chi connectivity index (χ4v) is 1.80. The van der Waals surface area contributed by atoms with Gasteiger partial charge in [-0.1, -0.05) is 12.1 Å². The highest BCUT2D eigenvalue weighted by Crippen LogP contribution is 2.33. The van der Waals surface area contributed by atoms with Crippen molar-refractivity contribution in [1.29, 1.82) is 0 Å². The largest absolute Gasteiger partial charge is 0.430 e. The van der Waals surface area contributed by atoms with E-state index in [1.807, 2.05) is 0 Å². The van der Waals surface area contributed by atoms with Crippen LogP contribution in [0, 0.1) is 29.8 Å². The van der Waals surface area contributed by atoms with Crippen LogP contribution in [-0.2, 0) is 0 Å². The van der Waals surface area contributed by atoms with E-state index in [2.05, 4.69) is 9.97 Å². The van der Waals surface area contributed by atoms with Crippen molar-refractivity contribution in [1.82, 2.24) is 9.97 Å². The van der Waals surface area contributed by atoms with E-state index in [-0.39, 0.29) is 16.7 Å². The summed E-state index contributed by atoms with van der Waals surface area (Å²) in [5, 5.41) is 10.8. The summed E-state index contributed by atoms with van der Waals surface area (Å²) in [6.45, 7) is 2.94. The van der Waals surface area contributed by atoms with E-state index in [1.54, 1.807) is 19.1 Å². The van der Waals surface area contributed by atoms with Gasteiger partial charge in [0.15, 0.2) is 11.6 Å². The second-order valence-electron chi connectivity index (χ2n) is 3.98. The van der Waals surface area contributed by atoms with E-state index < -0.39 is 22.3 Å². The average molecular weight is 298 g/mol. The van der Waals surface area contributed by atoms with Crippen LogP contribution in [0.1, 0.15) is 11.3 Å². The quantitative estimate of drug-likeness (QED) is 0.491. The van der Waals surface area contributed by atoms with E-state index in [0.29, 0.717) is 5.56 Å². The number of nitrogens with zero attached hydrogens (tertiary/aromatic N) is 3. The van der Waals surface area contributed by atoms with Crippen molar-refractivity contribution in [2.24, 2.45) is 0 Å². The Hall–Kier alpha value is -2.28. The Kier molecular flexibility index (Phi) is 3.80. The minimum absolute atomic E-state index is 0.0399. The number of ether oxygens (including phenoxy) is 1. The Bertz CT molecular complexity index is 694. The highest BCUT2D eigenvalue weighted by molar-refractivity contribution is 6.28. The van der Waals surface area contributed by atoms with Crippen LogP contribution in [0.25, 0.3) is 0 Å². The van der Waals surface area contributed by atoms with Crippen molar-refractivity contribution in [2.45, 2.75) is 13.8 Å². The first-order valence-electron chi connectivity index (χ1n) is 5.51. The summed E-state index contributed by atoms with van der Waals surface area (Å²) in [5.74, 6) is -1.17. The molecule has 104 valence electrons. The third-order valence-electron chi connectivity index (χ3n) is 2.54. The molecule has 6 nitrogen and oxygen atoms in total. The molecule has 1 aromatic carbocycles. The summed E-state index contributed by atoms with van der Waals surface area (Å²) in [4.78, 5) is 17.6. The first-order chi connectivity index (χ1) is 9.40. The number of hydrogen-bond acceptors (Lipinski definition) is 5. The summed E-state index contributed by atoms with van der Waals surface area (Å²) in [7, 11) is 0.